The van der Waals surface area contributed by atoms with Gasteiger partial charge in [-0.3, -0.25) is 0 Å². The smallest absolute Gasteiger partial charge is 0.188 e. The van der Waals surface area contributed by atoms with Gasteiger partial charge in [-0.2, -0.15) is 0 Å². The Labute approximate surface area is 140 Å². The topological polar surface area (TPSA) is 48.4 Å². The van der Waals surface area contributed by atoms with Crippen molar-refractivity contribution in [2.45, 2.75) is 19.1 Å². The molecule has 0 aliphatic rings. The van der Waals surface area contributed by atoms with Crippen LogP contribution in [0, 0.1) is 0 Å². The number of para-hydroxylation sites is 1. The van der Waals surface area contributed by atoms with E-state index in [1.165, 1.54) is 4.70 Å². The molecule has 0 bridgehead atoms. The van der Waals surface area contributed by atoms with Crippen molar-refractivity contribution < 1.29 is 5.11 Å². The first-order valence-electron chi connectivity index (χ1n) is 7.61. The molecule has 1 heterocycles. The van der Waals surface area contributed by atoms with Gasteiger partial charge in [-0.05, 0) is 50.8 Å². The molecule has 1 aromatic heterocycles. The van der Waals surface area contributed by atoms with Crippen molar-refractivity contribution in [2.24, 2.45) is 0 Å². The van der Waals surface area contributed by atoms with Crippen LogP contribution >= 0.6 is 11.3 Å². The highest BCUT2D eigenvalue weighted by Gasteiger charge is 2.17. The Hall–Kier alpha value is -1.95. The first kappa shape index (κ1) is 15.9. The summed E-state index contributed by atoms with van der Waals surface area (Å²) >= 11 is 1.63. The first-order chi connectivity index (χ1) is 11.0. The molecule has 0 radical (unpaired) electrons. The van der Waals surface area contributed by atoms with Gasteiger partial charge in [0.15, 0.2) is 5.13 Å². The van der Waals surface area contributed by atoms with Crippen LogP contribution in [-0.2, 0) is 0 Å². The molecule has 0 spiro atoms. The summed E-state index contributed by atoms with van der Waals surface area (Å²) in [6.45, 7) is 2.01. The van der Waals surface area contributed by atoms with Crippen molar-refractivity contribution >= 4 is 32.4 Å². The van der Waals surface area contributed by atoms with Crippen LogP contribution in [0.1, 0.15) is 18.6 Å². The highest BCUT2D eigenvalue weighted by Crippen LogP contribution is 2.29. The molecule has 23 heavy (non-hydrogen) atoms. The van der Waals surface area contributed by atoms with E-state index in [1.54, 1.807) is 11.3 Å². The maximum absolute atomic E-state index is 10.4. The number of rotatable bonds is 5. The van der Waals surface area contributed by atoms with E-state index >= 15 is 0 Å². The molecule has 2 atom stereocenters. The zero-order chi connectivity index (χ0) is 16.4. The molecular formula is C18H21N3OS. The number of hydrogen-bond acceptors (Lipinski definition) is 5. The molecule has 3 rings (SSSR count). The van der Waals surface area contributed by atoms with Gasteiger partial charge in [0.25, 0.3) is 0 Å². The molecule has 0 fully saturated rings. The summed E-state index contributed by atoms with van der Waals surface area (Å²) in [4.78, 5) is 6.58. The zero-order valence-corrected chi connectivity index (χ0v) is 14.3. The minimum atomic E-state index is -0.499. The third-order valence-corrected chi connectivity index (χ3v) is 5.02. The molecule has 120 valence electrons. The molecule has 0 saturated carbocycles. The molecule has 2 aromatic carbocycles. The molecule has 2 N–H and O–H groups in total. The lowest BCUT2D eigenvalue weighted by atomic mass is 10.0. The number of aliphatic hydroxyl groups excluding tert-OH is 1. The standard InChI is InChI=1S/C18H21N3OS/c1-12(21(2)3)17(22)13-8-10-14(11-9-13)19-18-20-15-6-4-5-7-16(15)23-18/h4-12,17,22H,1-3H3,(H,19,20). The number of anilines is 2. The number of hydrogen-bond donors (Lipinski definition) is 2. The largest absolute Gasteiger partial charge is 0.387 e. The normalized spacial score (nSPS) is 14.1. The fourth-order valence-corrected chi connectivity index (χ4v) is 3.26. The Morgan fingerprint density at radius 2 is 1.78 bits per heavy atom. The number of aromatic nitrogens is 1. The summed E-state index contributed by atoms with van der Waals surface area (Å²) in [5, 5.41) is 14.6. The Kier molecular flexibility index (Phi) is 4.61. The van der Waals surface area contributed by atoms with Gasteiger partial charge >= 0.3 is 0 Å². The molecule has 0 aliphatic carbocycles. The Balaban J connectivity index is 1.74. The SMILES string of the molecule is CC(C(O)c1ccc(Nc2nc3ccccc3s2)cc1)N(C)C. The third kappa shape index (κ3) is 3.52. The van der Waals surface area contributed by atoms with E-state index in [9.17, 15) is 5.11 Å². The van der Waals surface area contributed by atoms with Crippen molar-refractivity contribution in [1.82, 2.24) is 9.88 Å². The summed E-state index contributed by atoms with van der Waals surface area (Å²) in [6.07, 6.45) is -0.499. The van der Waals surface area contributed by atoms with Gasteiger partial charge in [0.05, 0.1) is 16.3 Å². The van der Waals surface area contributed by atoms with E-state index < -0.39 is 6.10 Å². The summed E-state index contributed by atoms with van der Waals surface area (Å²) in [5.74, 6) is 0. The molecule has 0 saturated heterocycles. The van der Waals surface area contributed by atoms with Gasteiger partial charge in [0.2, 0.25) is 0 Å². The van der Waals surface area contributed by atoms with Crippen LogP contribution < -0.4 is 5.32 Å². The molecule has 3 aromatic rings. The quantitative estimate of drug-likeness (QED) is 0.743. The van der Waals surface area contributed by atoms with Gasteiger partial charge in [-0.1, -0.05) is 35.6 Å². The summed E-state index contributed by atoms with van der Waals surface area (Å²) in [7, 11) is 3.94. The van der Waals surface area contributed by atoms with Crippen LogP contribution in [0.15, 0.2) is 48.5 Å². The minimum absolute atomic E-state index is 0.0677. The van der Waals surface area contributed by atoms with E-state index in [0.717, 1.165) is 21.9 Å². The fraction of sp³-hybridized carbons (Fsp3) is 0.278. The van der Waals surface area contributed by atoms with Gasteiger partial charge in [-0.15, -0.1) is 0 Å². The molecule has 2 unspecified atom stereocenters. The second-order valence-electron chi connectivity index (χ2n) is 5.88. The number of likely N-dealkylation sites (N-methyl/N-ethyl adjacent to an activating group) is 1. The predicted molar refractivity (Wildman–Crippen MR) is 97.5 cm³/mol. The lowest BCUT2D eigenvalue weighted by Gasteiger charge is -2.25. The van der Waals surface area contributed by atoms with Gasteiger partial charge in [0.1, 0.15) is 0 Å². The minimum Gasteiger partial charge on any atom is -0.387 e. The summed E-state index contributed by atoms with van der Waals surface area (Å²) < 4.78 is 1.17. The van der Waals surface area contributed by atoms with Crippen molar-refractivity contribution in [2.75, 3.05) is 19.4 Å². The lowest BCUT2D eigenvalue weighted by molar-refractivity contribution is 0.0859. The maximum Gasteiger partial charge on any atom is 0.188 e. The average Bonchev–Trinajstić information content (AvgIpc) is 2.96. The predicted octanol–water partition coefficient (Wildman–Crippen LogP) is 4.02. The van der Waals surface area contributed by atoms with E-state index in [4.69, 9.17) is 0 Å². The molecule has 5 heteroatoms. The van der Waals surface area contributed by atoms with Crippen LogP contribution in [0.2, 0.25) is 0 Å². The molecule has 0 aliphatic heterocycles. The van der Waals surface area contributed by atoms with Crippen molar-refractivity contribution in [1.29, 1.82) is 0 Å². The first-order valence-corrected chi connectivity index (χ1v) is 8.43. The summed E-state index contributed by atoms with van der Waals surface area (Å²) in [5.41, 5.74) is 2.89. The number of fused-ring (bicyclic) bond motifs is 1. The summed E-state index contributed by atoms with van der Waals surface area (Å²) in [6, 6.07) is 16.0. The van der Waals surface area contributed by atoms with E-state index in [2.05, 4.69) is 16.4 Å². The van der Waals surface area contributed by atoms with Crippen LogP contribution in [0.4, 0.5) is 10.8 Å². The van der Waals surface area contributed by atoms with Crippen LogP contribution in [-0.4, -0.2) is 35.1 Å². The van der Waals surface area contributed by atoms with Gasteiger partial charge in [-0.25, -0.2) is 4.98 Å². The molecule has 0 amide bonds. The lowest BCUT2D eigenvalue weighted by Crippen LogP contribution is -2.30. The van der Waals surface area contributed by atoms with Crippen molar-refractivity contribution in [3.05, 3.63) is 54.1 Å². The number of aliphatic hydroxyl groups is 1. The highest BCUT2D eigenvalue weighted by atomic mass is 32.1. The monoisotopic (exact) mass is 327 g/mol. The van der Waals surface area contributed by atoms with Crippen molar-refractivity contribution in [3.8, 4) is 0 Å². The number of nitrogens with zero attached hydrogens (tertiary/aromatic N) is 2. The fourth-order valence-electron chi connectivity index (χ4n) is 2.37. The van der Waals surface area contributed by atoms with E-state index in [1.807, 2.05) is 68.4 Å². The highest BCUT2D eigenvalue weighted by molar-refractivity contribution is 7.22. The second-order valence-corrected chi connectivity index (χ2v) is 6.91. The average molecular weight is 327 g/mol. The Morgan fingerprint density at radius 3 is 2.43 bits per heavy atom. The van der Waals surface area contributed by atoms with Gasteiger partial charge in [0, 0.05) is 11.7 Å². The number of thiazole rings is 1. The van der Waals surface area contributed by atoms with Crippen LogP contribution in [0.5, 0.6) is 0 Å². The van der Waals surface area contributed by atoms with Crippen LogP contribution in [0.3, 0.4) is 0 Å². The second kappa shape index (κ2) is 6.66. The van der Waals surface area contributed by atoms with E-state index in [-0.39, 0.29) is 6.04 Å². The number of nitrogens with one attached hydrogen (secondary N) is 1. The van der Waals surface area contributed by atoms with Crippen molar-refractivity contribution in [3.63, 3.8) is 0 Å². The van der Waals surface area contributed by atoms with Crippen LogP contribution in [0.25, 0.3) is 10.2 Å². The third-order valence-electron chi connectivity index (χ3n) is 4.07. The van der Waals surface area contributed by atoms with E-state index in [0.29, 0.717) is 0 Å². The molecular weight excluding hydrogens is 306 g/mol. The Morgan fingerprint density at radius 1 is 1.09 bits per heavy atom. The molecule has 4 nitrogen and oxygen atoms in total. The maximum atomic E-state index is 10.4. The van der Waals surface area contributed by atoms with Gasteiger partial charge < -0.3 is 15.3 Å². The number of benzene rings is 2. The zero-order valence-electron chi connectivity index (χ0n) is 13.5. The Bertz CT molecular complexity index is 749.